The summed E-state index contributed by atoms with van der Waals surface area (Å²) in [6, 6.07) is 8.62. The maximum absolute atomic E-state index is 4.51. The van der Waals surface area contributed by atoms with Crippen molar-refractivity contribution in [2.75, 3.05) is 11.9 Å². The van der Waals surface area contributed by atoms with Gasteiger partial charge in [-0.25, -0.2) is 4.98 Å². The molecule has 3 heteroatoms. The second-order valence-electron chi connectivity index (χ2n) is 4.60. The molecule has 1 N–H and O–H groups in total. The number of hydrogen-bond donors (Lipinski definition) is 1. The van der Waals surface area contributed by atoms with E-state index in [1.807, 2.05) is 0 Å². The van der Waals surface area contributed by atoms with E-state index < -0.39 is 0 Å². The van der Waals surface area contributed by atoms with E-state index in [0.29, 0.717) is 0 Å². The molecule has 92 valence electrons. The number of aromatic nitrogens is 1. The predicted octanol–water partition coefficient (Wildman–Crippen LogP) is 3.81. The van der Waals surface area contributed by atoms with E-state index in [9.17, 15) is 0 Å². The topological polar surface area (TPSA) is 24.9 Å². The minimum atomic E-state index is 0.864. The van der Waals surface area contributed by atoms with Crippen molar-refractivity contribution in [2.45, 2.75) is 20.3 Å². The lowest BCUT2D eigenvalue weighted by atomic mass is 10.1. The molecular formula is C15H16N2S. The van der Waals surface area contributed by atoms with Crippen LogP contribution in [-0.4, -0.2) is 11.5 Å². The van der Waals surface area contributed by atoms with Gasteiger partial charge in [0.2, 0.25) is 0 Å². The van der Waals surface area contributed by atoms with Gasteiger partial charge in [-0.2, -0.15) is 0 Å². The molecule has 1 aliphatic rings. The third-order valence-electron chi connectivity index (χ3n) is 3.39. The number of allylic oxidation sites excluding steroid dienone is 1. The first-order chi connectivity index (χ1) is 8.74. The zero-order valence-corrected chi connectivity index (χ0v) is 11.5. The third kappa shape index (κ3) is 2.06. The summed E-state index contributed by atoms with van der Waals surface area (Å²) in [5.74, 6) is 0. The summed E-state index contributed by atoms with van der Waals surface area (Å²) >= 11 is 1.73. The van der Waals surface area contributed by atoms with E-state index in [0.717, 1.165) is 23.8 Å². The van der Waals surface area contributed by atoms with Gasteiger partial charge in [0.25, 0.3) is 0 Å². The molecule has 0 unspecified atom stereocenters. The fourth-order valence-corrected chi connectivity index (χ4v) is 3.05. The highest BCUT2D eigenvalue weighted by atomic mass is 32.1. The van der Waals surface area contributed by atoms with Crippen molar-refractivity contribution in [3.63, 3.8) is 0 Å². The molecule has 0 amide bonds. The van der Waals surface area contributed by atoms with Crippen LogP contribution in [-0.2, 0) is 6.42 Å². The number of benzene rings is 1. The molecule has 0 radical (unpaired) electrons. The normalized spacial score (nSPS) is 13.3. The van der Waals surface area contributed by atoms with Crippen LogP contribution >= 0.6 is 11.3 Å². The lowest BCUT2D eigenvalue weighted by Gasteiger charge is -2.06. The number of fused-ring (bicyclic) bond motifs is 1. The zero-order chi connectivity index (χ0) is 12.5. The number of nitrogens with one attached hydrogen (secondary N) is 1. The summed E-state index contributed by atoms with van der Waals surface area (Å²) < 4.78 is 0. The van der Waals surface area contributed by atoms with Crippen LogP contribution in [0.1, 0.15) is 21.7 Å². The second kappa shape index (κ2) is 4.58. The molecule has 0 spiro atoms. The van der Waals surface area contributed by atoms with Crippen molar-refractivity contribution in [3.8, 4) is 0 Å². The van der Waals surface area contributed by atoms with Gasteiger partial charge in [-0.1, -0.05) is 30.3 Å². The number of anilines is 1. The Labute approximate surface area is 111 Å². The summed E-state index contributed by atoms with van der Waals surface area (Å²) in [7, 11) is 0. The Morgan fingerprint density at radius 3 is 2.89 bits per heavy atom. The average molecular weight is 256 g/mol. The molecule has 1 aromatic heterocycles. The first-order valence-corrected chi connectivity index (χ1v) is 7.01. The molecule has 1 heterocycles. The Kier molecular flexibility index (Phi) is 2.92. The van der Waals surface area contributed by atoms with Crippen LogP contribution in [0.15, 0.2) is 30.3 Å². The smallest absolute Gasteiger partial charge is 0.183 e. The Balaban J connectivity index is 1.72. The Morgan fingerprint density at radius 1 is 1.28 bits per heavy atom. The predicted molar refractivity (Wildman–Crippen MR) is 78.2 cm³/mol. The zero-order valence-electron chi connectivity index (χ0n) is 10.7. The quantitative estimate of drug-likeness (QED) is 0.903. The highest BCUT2D eigenvalue weighted by molar-refractivity contribution is 7.15. The molecule has 3 rings (SSSR count). The van der Waals surface area contributed by atoms with Crippen LogP contribution in [0.2, 0.25) is 0 Å². The van der Waals surface area contributed by atoms with Crippen molar-refractivity contribution < 1.29 is 0 Å². The van der Waals surface area contributed by atoms with E-state index in [1.165, 1.54) is 21.6 Å². The van der Waals surface area contributed by atoms with Gasteiger partial charge in [-0.3, -0.25) is 0 Å². The summed E-state index contributed by atoms with van der Waals surface area (Å²) in [6.45, 7) is 5.03. The van der Waals surface area contributed by atoms with Crippen LogP contribution in [0.4, 0.5) is 5.13 Å². The highest BCUT2D eigenvalue weighted by Gasteiger charge is 2.13. The fraction of sp³-hybridized carbons (Fsp3) is 0.267. The van der Waals surface area contributed by atoms with Crippen molar-refractivity contribution in [2.24, 2.45) is 0 Å². The first-order valence-electron chi connectivity index (χ1n) is 6.19. The van der Waals surface area contributed by atoms with Crippen molar-refractivity contribution in [3.05, 3.63) is 52.0 Å². The molecule has 0 aliphatic heterocycles. The number of aryl methyl sites for hydroxylation is 2. The van der Waals surface area contributed by atoms with Crippen molar-refractivity contribution >= 4 is 22.0 Å². The highest BCUT2D eigenvalue weighted by Crippen LogP contribution is 2.28. The van der Waals surface area contributed by atoms with Gasteiger partial charge in [0.05, 0.1) is 5.69 Å². The Bertz CT molecular complexity index is 591. The molecular weight excluding hydrogens is 240 g/mol. The van der Waals surface area contributed by atoms with Gasteiger partial charge < -0.3 is 5.32 Å². The van der Waals surface area contributed by atoms with Gasteiger partial charge >= 0.3 is 0 Å². The molecule has 1 aromatic carbocycles. The summed E-state index contributed by atoms with van der Waals surface area (Å²) in [4.78, 5) is 5.80. The molecule has 0 saturated carbocycles. The molecule has 0 bridgehead atoms. The Hall–Kier alpha value is -1.61. The lowest BCUT2D eigenvalue weighted by Crippen LogP contribution is -2.02. The maximum Gasteiger partial charge on any atom is 0.183 e. The molecule has 0 atom stereocenters. The minimum absolute atomic E-state index is 0.864. The maximum atomic E-state index is 4.51. The summed E-state index contributed by atoms with van der Waals surface area (Å²) in [5.41, 5.74) is 5.33. The van der Waals surface area contributed by atoms with E-state index in [1.54, 1.807) is 11.3 Å². The SMILES string of the molecule is Cc1nc(NCC2=CCc3ccccc32)sc1C. The van der Waals surface area contributed by atoms with Gasteiger partial charge in [-0.15, -0.1) is 11.3 Å². The average Bonchev–Trinajstić information content (AvgIpc) is 2.92. The lowest BCUT2D eigenvalue weighted by molar-refractivity contribution is 1.20. The van der Waals surface area contributed by atoms with E-state index >= 15 is 0 Å². The summed E-state index contributed by atoms with van der Waals surface area (Å²) in [6.07, 6.45) is 3.37. The van der Waals surface area contributed by atoms with Crippen LogP contribution < -0.4 is 5.32 Å². The van der Waals surface area contributed by atoms with Gasteiger partial charge in [0.15, 0.2) is 5.13 Å². The van der Waals surface area contributed by atoms with Crippen molar-refractivity contribution in [1.29, 1.82) is 0 Å². The largest absolute Gasteiger partial charge is 0.357 e. The van der Waals surface area contributed by atoms with Crippen molar-refractivity contribution in [1.82, 2.24) is 4.98 Å². The number of hydrogen-bond acceptors (Lipinski definition) is 3. The molecule has 2 aromatic rings. The van der Waals surface area contributed by atoms with Crippen LogP contribution in [0, 0.1) is 13.8 Å². The monoisotopic (exact) mass is 256 g/mol. The van der Waals surface area contributed by atoms with Crippen LogP contribution in [0.5, 0.6) is 0 Å². The second-order valence-corrected chi connectivity index (χ2v) is 5.81. The van der Waals surface area contributed by atoms with E-state index in [2.05, 4.69) is 54.5 Å². The molecule has 2 nitrogen and oxygen atoms in total. The van der Waals surface area contributed by atoms with Gasteiger partial charge in [-0.05, 0) is 37.0 Å². The number of rotatable bonds is 3. The standard InChI is InChI=1S/C15H16N2S/c1-10-11(2)18-15(17-10)16-9-13-8-7-12-5-3-4-6-14(12)13/h3-6,8H,7,9H2,1-2H3,(H,16,17). The van der Waals surface area contributed by atoms with Crippen LogP contribution in [0.3, 0.4) is 0 Å². The van der Waals surface area contributed by atoms with Gasteiger partial charge in [0, 0.05) is 11.4 Å². The van der Waals surface area contributed by atoms with Gasteiger partial charge in [0.1, 0.15) is 0 Å². The van der Waals surface area contributed by atoms with Crippen LogP contribution in [0.25, 0.3) is 5.57 Å². The Morgan fingerprint density at radius 2 is 2.11 bits per heavy atom. The van der Waals surface area contributed by atoms with E-state index in [4.69, 9.17) is 0 Å². The number of thiazole rings is 1. The molecule has 0 saturated heterocycles. The minimum Gasteiger partial charge on any atom is -0.357 e. The van der Waals surface area contributed by atoms with E-state index in [-0.39, 0.29) is 0 Å². The third-order valence-corrected chi connectivity index (χ3v) is 4.42. The number of nitrogens with zero attached hydrogens (tertiary/aromatic N) is 1. The summed E-state index contributed by atoms with van der Waals surface area (Å²) in [5, 5.41) is 4.45. The first kappa shape index (κ1) is 11.5. The molecule has 1 aliphatic carbocycles. The molecule has 0 fully saturated rings. The molecule has 18 heavy (non-hydrogen) atoms. The fourth-order valence-electron chi connectivity index (χ4n) is 2.24.